The number of rotatable bonds is 6. The van der Waals surface area contributed by atoms with Crippen molar-refractivity contribution < 1.29 is 14.5 Å². The fourth-order valence-corrected chi connectivity index (χ4v) is 2.17. The summed E-state index contributed by atoms with van der Waals surface area (Å²) in [5.41, 5.74) is 1.77. The zero-order chi connectivity index (χ0) is 15.4. The molecule has 5 nitrogen and oxygen atoms in total. The molecule has 1 aliphatic carbocycles. The van der Waals surface area contributed by atoms with E-state index in [-0.39, 0.29) is 17.9 Å². The van der Waals surface area contributed by atoms with Crippen molar-refractivity contribution in [3.05, 3.63) is 35.4 Å². The van der Waals surface area contributed by atoms with Crippen molar-refractivity contribution in [2.45, 2.75) is 38.4 Å². The van der Waals surface area contributed by atoms with Crippen LogP contribution in [0.15, 0.2) is 24.3 Å². The van der Waals surface area contributed by atoms with Crippen molar-refractivity contribution in [2.24, 2.45) is 0 Å². The smallest absolute Gasteiger partial charge is 0.278 e. The molecule has 0 spiro atoms. The van der Waals surface area contributed by atoms with Gasteiger partial charge in [0, 0.05) is 24.2 Å². The fourth-order valence-electron chi connectivity index (χ4n) is 2.17. The summed E-state index contributed by atoms with van der Waals surface area (Å²) in [6.45, 7) is 2.71. The van der Waals surface area contributed by atoms with Crippen LogP contribution in [0, 0.1) is 0 Å². The minimum absolute atomic E-state index is 0.0794. The van der Waals surface area contributed by atoms with Crippen molar-refractivity contribution in [1.29, 1.82) is 0 Å². The van der Waals surface area contributed by atoms with E-state index in [1.165, 1.54) is 0 Å². The summed E-state index contributed by atoms with van der Waals surface area (Å²) >= 11 is 0. The molecule has 0 aliphatic heterocycles. The van der Waals surface area contributed by atoms with Crippen molar-refractivity contribution in [3.8, 4) is 0 Å². The Morgan fingerprint density at radius 3 is 2.43 bits per heavy atom. The van der Waals surface area contributed by atoms with E-state index >= 15 is 0 Å². The number of nitrogens with one attached hydrogen (secondary N) is 3. The van der Waals surface area contributed by atoms with Gasteiger partial charge in [0.05, 0.1) is 7.05 Å². The van der Waals surface area contributed by atoms with Gasteiger partial charge < -0.3 is 15.5 Å². The maximum Gasteiger partial charge on any atom is 0.278 e. The average molecular weight is 290 g/mol. The van der Waals surface area contributed by atoms with Crippen LogP contribution >= 0.6 is 0 Å². The van der Waals surface area contributed by atoms with E-state index in [0.717, 1.165) is 29.8 Å². The van der Waals surface area contributed by atoms with E-state index < -0.39 is 0 Å². The summed E-state index contributed by atoms with van der Waals surface area (Å²) in [6, 6.07) is 7.84. The molecule has 5 heteroatoms. The lowest BCUT2D eigenvalue weighted by molar-refractivity contribution is -0.908. The van der Waals surface area contributed by atoms with Crippen LogP contribution in [0.3, 0.4) is 0 Å². The van der Waals surface area contributed by atoms with Crippen molar-refractivity contribution >= 4 is 11.8 Å². The number of amides is 2. The zero-order valence-corrected chi connectivity index (χ0v) is 12.9. The molecule has 1 unspecified atom stereocenters. The van der Waals surface area contributed by atoms with Crippen molar-refractivity contribution in [1.82, 2.24) is 10.6 Å². The van der Waals surface area contributed by atoms with Gasteiger partial charge in [0.15, 0.2) is 6.04 Å². The Bertz CT molecular complexity index is 509. The lowest BCUT2D eigenvalue weighted by Crippen LogP contribution is -3.12. The van der Waals surface area contributed by atoms with E-state index in [2.05, 4.69) is 10.6 Å². The number of likely N-dealkylation sites (N-methyl/N-ethyl adjacent to an activating group) is 1. The van der Waals surface area contributed by atoms with E-state index in [1.54, 1.807) is 7.05 Å². The van der Waals surface area contributed by atoms with Gasteiger partial charge in [-0.05, 0) is 31.9 Å². The van der Waals surface area contributed by atoms with Crippen LogP contribution in [0.1, 0.15) is 35.7 Å². The van der Waals surface area contributed by atoms with Gasteiger partial charge in [-0.15, -0.1) is 0 Å². The van der Waals surface area contributed by atoms with E-state index in [4.69, 9.17) is 0 Å². The highest BCUT2D eigenvalue weighted by atomic mass is 16.2. The third-order valence-corrected chi connectivity index (χ3v) is 3.98. The second-order valence-electron chi connectivity index (χ2n) is 5.80. The fraction of sp³-hybridized carbons (Fsp3) is 0.500. The lowest BCUT2D eigenvalue weighted by Gasteiger charge is -2.21. The number of hydrogen-bond donors (Lipinski definition) is 3. The van der Waals surface area contributed by atoms with Crippen LogP contribution in [0.5, 0.6) is 0 Å². The maximum atomic E-state index is 12.0. The molecule has 114 valence electrons. The molecule has 1 aromatic carbocycles. The van der Waals surface area contributed by atoms with Gasteiger partial charge in [-0.3, -0.25) is 9.59 Å². The molecule has 3 N–H and O–H groups in total. The predicted molar refractivity (Wildman–Crippen MR) is 81.0 cm³/mol. The third-order valence-electron chi connectivity index (χ3n) is 3.98. The minimum Gasteiger partial charge on any atom is -0.355 e. The summed E-state index contributed by atoms with van der Waals surface area (Å²) in [6.07, 6.45) is 2.22. The molecule has 2 amide bonds. The van der Waals surface area contributed by atoms with Crippen molar-refractivity contribution in [3.63, 3.8) is 0 Å². The Morgan fingerprint density at radius 1 is 1.29 bits per heavy atom. The second-order valence-corrected chi connectivity index (χ2v) is 5.80. The molecule has 2 rings (SSSR count). The number of benzene rings is 1. The molecule has 1 aromatic rings. The first-order chi connectivity index (χ1) is 10.0. The van der Waals surface area contributed by atoms with Crippen LogP contribution < -0.4 is 15.5 Å². The second kappa shape index (κ2) is 6.72. The highest BCUT2D eigenvalue weighted by molar-refractivity contribution is 5.93. The summed E-state index contributed by atoms with van der Waals surface area (Å²) in [4.78, 5) is 24.6. The molecule has 1 fully saturated rings. The predicted octanol–water partition coefficient (Wildman–Crippen LogP) is -0.272. The first kappa shape index (κ1) is 15.5. The third kappa shape index (κ3) is 4.29. The molecule has 1 aliphatic rings. The highest BCUT2D eigenvalue weighted by Crippen LogP contribution is 2.18. The SMILES string of the molecule is CNC(=O)c1ccc(C[NH+](C)[C@@H](C)C(=O)NC2CC2)cc1. The molecule has 0 saturated heterocycles. The Morgan fingerprint density at radius 2 is 1.90 bits per heavy atom. The van der Waals surface area contributed by atoms with Gasteiger partial charge in [-0.2, -0.15) is 0 Å². The highest BCUT2D eigenvalue weighted by Gasteiger charge is 2.29. The van der Waals surface area contributed by atoms with Gasteiger partial charge in [-0.1, -0.05) is 12.1 Å². The monoisotopic (exact) mass is 290 g/mol. The molecular weight excluding hydrogens is 266 g/mol. The lowest BCUT2D eigenvalue weighted by atomic mass is 10.1. The Kier molecular flexibility index (Phi) is 4.96. The Hall–Kier alpha value is -1.88. The molecule has 0 aromatic heterocycles. The zero-order valence-electron chi connectivity index (χ0n) is 12.9. The largest absolute Gasteiger partial charge is 0.355 e. The summed E-state index contributed by atoms with van der Waals surface area (Å²) < 4.78 is 0. The molecule has 0 radical (unpaired) electrons. The number of carbonyl (C=O) groups is 2. The molecule has 2 atom stereocenters. The first-order valence-corrected chi connectivity index (χ1v) is 7.45. The average Bonchev–Trinajstić information content (AvgIpc) is 3.30. The molecule has 0 bridgehead atoms. The van der Waals surface area contributed by atoms with Crippen molar-refractivity contribution in [2.75, 3.05) is 14.1 Å². The number of carbonyl (C=O) groups excluding carboxylic acids is 2. The molecular formula is C16H24N3O2+. The summed E-state index contributed by atoms with van der Waals surface area (Å²) in [5.74, 6) is 0.0383. The van der Waals surface area contributed by atoms with Gasteiger partial charge in [0.2, 0.25) is 0 Å². The van der Waals surface area contributed by atoms with Crippen LogP contribution in [-0.4, -0.2) is 38.0 Å². The number of hydrogen-bond acceptors (Lipinski definition) is 2. The topological polar surface area (TPSA) is 62.6 Å². The standard InChI is InChI=1S/C16H23N3O2/c1-11(15(20)18-14-8-9-14)19(3)10-12-4-6-13(7-5-12)16(21)17-2/h4-7,11,14H,8-10H2,1-3H3,(H,17,21)(H,18,20)/p+1/t11-/m0/s1. The first-order valence-electron chi connectivity index (χ1n) is 7.45. The molecule has 1 saturated carbocycles. The Labute approximate surface area is 125 Å². The van der Waals surface area contributed by atoms with Gasteiger partial charge in [0.1, 0.15) is 6.54 Å². The maximum absolute atomic E-state index is 12.0. The van der Waals surface area contributed by atoms with E-state index in [0.29, 0.717) is 11.6 Å². The van der Waals surface area contributed by atoms with Crippen LogP contribution in [-0.2, 0) is 11.3 Å². The minimum atomic E-state index is -0.0839. The van der Waals surface area contributed by atoms with Crippen LogP contribution in [0.2, 0.25) is 0 Å². The van der Waals surface area contributed by atoms with E-state index in [1.807, 2.05) is 38.2 Å². The quantitative estimate of drug-likeness (QED) is 0.675. The molecule has 0 heterocycles. The van der Waals surface area contributed by atoms with Crippen LogP contribution in [0.4, 0.5) is 0 Å². The van der Waals surface area contributed by atoms with Crippen LogP contribution in [0.25, 0.3) is 0 Å². The van der Waals surface area contributed by atoms with Gasteiger partial charge in [-0.25, -0.2) is 0 Å². The Balaban J connectivity index is 1.90. The molecule has 21 heavy (non-hydrogen) atoms. The normalized spacial score (nSPS) is 16.9. The van der Waals surface area contributed by atoms with E-state index in [9.17, 15) is 9.59 Å². The number of quaternary nitrogens is 1. The summed E-state index contributed by atoms with van der Waals surface area (Å²) in [5, 5.41) is 5.64. The van der Waals surface area contributed by atoms with Gasteiger partial charge >= 0.3 is 0 Å². The van der Waals surface area contributed by atoms with Gasteiger partial charge in [0.25, 0.3) is 11.8 Å². The summed E-state index contributed by atoms with van der Waals surface area (Å²) in [7, 11) is 3.64.